The van der Waals surface area contributed by atoms with Gasteiger partial charge in [0.1, 0.15) is 0 Å². The Morgan fingerprint density at radius 3 is 2.59 bits per heavy atom. The Hall–Kier alpha value is -3.08. The van der Waals surface area contributed by atoms with Crippen LogP contribution in [0.5, 0.6) is 0 Å². The van der Waals surface area contributed by atoms with Gasteiger partial charge in [-0.25, -0.2) is 4.79 Å². The number of aryl methyl sites for hydroxylation is 2. The van der Waals surface area contributed by atoms with Crippen LogP contribution in [0.3, 0.4) is 0 Å². The molecule has 0 fully saturated rings. The summed E-state index contributed by atoms with van der Waals surface area (Å²) in [4.78, 5) is 29.4. The highest BCUT2D eigenvalue weighted by Gasteiger charge is 2.15. The van der Waals surface area contributed by atoms with Crippen LogP contribution in [0.15, 0.2) is 53.3 Å². The fourth-order valence-electron chi connectivity index (χ4n) is 3.16. The molecule has 0 saturated heterocycles. The zero-order valence-corrected chi connectivity index (χ0v) is 16.0. The standard InChI is InChI=1S/C22H25N3O2/c1-4-11-25(22(27)23-18-10-9-15(2)16(3)12-18)14-17-13-21(26)24-20-8-6-5-7-19(17)20/h5-10,12-13H,4,11,14H2,1-3H3,(H,23,27)(H,24,26). The van der Waals surface area contributed by atoms with Crippen molar-refractivity contribution in [2.24, 2.45) is 0 Å². The number of hydrogen-bond acceptors (Lipinski definition) is 2. The van der Waals surface area contributed by atoms with E-state index < -0.39 is 0 Å². The summed E-state index contributed by atoms with van der Waals surface area (Å²) in [5.41, 5.74) is 4.57. The van der Waals surface area contributed by atoms with Crippen LogP contribution in [0.4, 0.5) is 10.5 Å². The minimum Gasteiger partial charge on any atom is -0.322 e. The maximum Gasteiger partial charge on any atom is 0.322 e. The number of nitrogens with one attached hydrogen (secondary N) is 2. The third-order valence-corrected chi connectivity index (χ3v) is 4.74. The Bertz CT molecular complexity index is 1020. The molecule has 0 bridgehead atoms. The quantitative estimate of drug-likeness (QED) is 0.696. The fraction of sp³-hybridized carbons (Fsp3) is 0.273. The SMILES string of the molecule is CCCN(Cc1cc(=O)[nH]c2ccccc12)C(=O)Nc1ccc(C)c(C)c1. The third kappa shape index (κ3) is 4.37. The predicted molar refractivity (Wildman–Crippen MR) is 110 cm³/mol. The van der Waals surface area contributed by atoms with Gasteiger partial charge in [0.25, 0.3) is 0 Å². The number of anilines is 1. The van der Waals surface area contributed by atoms with E-state index >= 15 is 0 Å². The molecule has 0 radical (unpaired) electrons. The van der Waals surface area contributed by atoms with Gasteiger partial charge in [-0.15, -0.1) is 0 Å². The highest BCUT2D eigenvalue weighted by molar-refractivity contribution is 5.90. The van der Waals surface area contributed by atoms with E-state index in [1.807, 2.05) is 63.2 Å². The Kier molecular flexibility index (Phi) is 5.60. The van der Waals surface area contributed by atoms with E-state index in [1.54, 1.807) is 11.0 Å². The summed E-state index contributed by atoms with van der Waals surface area (Å²) in [5.74, 6) is 0. The molecule has 0 atom stereocenters. The summed E-state index contributed by atoms with van der Waals surface area (Å²) < 4.78 is 0. The number of aromatic nitrogens is 1. The summed E-state index contributed by atoms with van der Waals surface area (Å²) in [6.45, 7) is 7.10. The summed E-state index contributed by atoms with van der Waals surface area (Å²) in [7, 11) is 0. The number of amides is 2. The van der Waals surface area contributed by atoms with E-state index in [0.717, 1.165) is 34.1 Å². The second kappa shape index (κ2) is 8.08. The number of fused-ring (bicyclic) bond motifs is 1. The van der Waals surface area contributed by atoms with Gasteiger partial charge in [-0.2, -0.15) is 0 Å². The minimum absolute atomic E-state index is 0.158. The molecule has 5 nitrogen and oxygen atoms in total. The van der Waals surface area contributed by atoms with E-state index in [0.29, 0.717) is 13.1 Å². The molecule has 3 aromatic rings. The number of hydrogen-bond donors (Lipinski definition) is 2. The molecule has 140 valence electrons. The zero-order chi connectivity index (χ0) is 19.4. The summed E-state index contributed by atoms with van der Waals surface area (Å²) in [5, 5.41) is 3.93. The predicted octanol–water partition coefficient (Wildman–Crippen LogP) is 4.59. The lowest BCUT2D eigenvalue weighted by atomic mass is 10.1. The lowest BCUT2D eigenvalue weighted by Gasteiger charge is -2.23. The first-order valence-corrected chi connectivity index (χ1v) is 9.22. The van der Waals surface area contributed by atoms with E-state index in [9.17, 15) is 9.59 Å². The molecule has 5 heteroatoms. The molecule has 0 spiro atoms. The van der Waals surface area contributed by atoms with Gasteiger partial charge in [-0.1, -0.05) is 31.2 Å². The molecule has 27 heavy (non-hydrogen) atoms. The lowest BCUT2D eigenvalue weighted by Crippen LogP contribution is -2.35. The average Bonchev–Trinajstić information content (AvgIpc) is 2.64. The molecule has 2 aromatic carbocycles. The maximum atomic E-state index is 12.9. The number of carbonyl (C=O) groups is 1. The monoisotopic (exact) mass is 363 g/mol. The highest BCUT2D eigenvalue weighted by Crippen LogP contribution is 2.18. The van der Waals surface area contributed by atoms with Crippen molar-refractivity contribution in [1.29, 1.82) is 0 Å². The van der Waals surface area contributed by atoms with Crippen LogP contribution in [0.25, 0.3) is 10.9 Å². The molecule has 3 rings (SSSR count). The molecule has 1 aromatic heterocycles. The number of rotatable bonds is 5. The van der Waals surface area contributed by atoms with Crippen molar-refractivity contribution < 1.29 is 4.79 Å². The first-order chi connectivity index (χ1) is 13.0. The molecule has 2 N–H and O–H groups in total. The number of aromatic amines is 1. The minimum atomic E-state index is -0.163. The Morgan fingerprint density at radius 2 is 1.85 bits per heavy atom. The molecular weight excluding hydrogens is 338 g/mol. The normalized spacial score (nSPS) is 10.8. The van der Waals surface area contributed by atoms with Crippen molar-refractivity contribution in [3.05, 3.63) is 75.6 Å². The van der Waals surface area contributed by atoms with Crippen LogP contribution >= 0.6 is 0 Å². The number of urea groups is 1. The Balaban J connectivity index is 1.86. The average molecular weight is 363 g/mol. The van der Waals surface area contributed by atoms with Gasteiger partial charge >= 0.3 is 6.03 Å². The van der Waals surface area contributed by atoms with Crippen LogP contribution in [-0.2, 0) is 6.54 Å². The van der Waals surface area contributed by atoms with Crippen molar-refractivity contribution in [2.75, 3.05) is 11.9 Å². The molecule has 1 heterocycles. The molecular formula is C22H25N3O2. The van der Waals surface area contributed by atoms with Crippen LogP contribution in [0.2, 0.25) is 0 Å². The Morgan fingerprint density at radius 1 is 1.07 bits per heavy atom. The number of para-hydroxylation sites is 1. The molecule has 0 aliphatic heterocycles. The molecule has 0 aliphatic rings. The van der Waals surface area contributed by atoms with Gasteiger partial charge in [-0.3, -0.25) is 4.79 Å². The lowest BCUT2D eigenvalue weighted by molar-refractivity contribution is 0.209. The van der Waals surface area contributed by atoms with Crippen molar-refractivity contribution in [3.8, 4) is 0 Å². The van der Waals surface area contributed by atoms with Gasteiger partial charge in [0.05, 0.1) is 0 Å². The zero-order valence-electron chi connectivity index (χ0n) is 16.0. The molecule has 2 amide bonds. The van der Waals surface area contributed by atoms with E-state index in [2.05, 4.69) is 10.3 Å². The largest absolute Gasteiger partial charge is 0.322 e. The molecule has 0 aliphatic carbocycles. The number of pyridine rings is 1. The third-order valence-electron chi connectivity index (χ3n) is 4.74. The van der Waals surface area contributed by atoms with Gasteiger partial charge in [0.15, 0.2) is 0 Å². The summed E-state index contributed by atoms with van der Waals surface area (Å²) in [6, 6.07) is 15.0. The Labute approximate surface area is 159 Å². The van der Waals surface area contributed by atoms with Crippen LogP contribution in [0.1, 0.15) is 30.0 Å². The number of nitrogens with zero attached hydrogens (tertiary/aromatic N) is 1. The molecule has 0 unspecified atom stereocenters. The van der Waals surface area contributed by atoms with E-state index in [1.165, 1.54) is 5.56 Å². The number of H-pyrrole nitrogens is 1. The summed E-state index contributed by atoms with van der Waals surface area (Å²) >= 11 is 0. The smallest absolute Gasteiger partial charge is 0.322 e. The summed E-state index contributed by atoms with van der Waals surface area (Å²) in [6.07, 6.45) is 0.835. The highest BCUT2D eigenvalue weighted by atomic mass is 16.2. The maximum absolute atomic E-state index is 12.9. The van der Waals surface area contributed by atoms with Gasteiger partial charge in [0.2, 0.25) is 5.56 Å². The second-order valence-corrected chi connectivity index (χ2v) is 6.86. The van der Waals surface area contributed by atoms with Crippen molar-refractivity contribution in [1.82, 2.24) is 9.88 Å². The van der Waals surface area contributed by atoms with Crippen molar-refractivity contribution in [3.63, 3.8) is 0 Å². The van der Waals surface area contributed by atoms with Gasteiger partial charge in [0, 0.05) is 35.7 Å². The first-order valence-electron chi connectivity index (χ1n) is 9.22. The van der Waals surface area contributed by atoms with E-state index in [4.69, 9.17) is 0 Å². The number of benzene rings is 2. The van der Waals surface area contributed by atoms with Gasteiger partial charge in [-0.05, 0) is 55.2 Å². The van der Waals surface area contributed by atoms with Gasteiger partial charge < -0.3 is 15.2 Å². The van der Waals surface area contributed by atoms with Crippen molar-refractivity contribution >= 4 is 22.6 Å². The number of carbonyl (C=O) groups excluding carboxylic acids is 1. The van der Waals surface area contributed by atoms with Crippen LogP contribution in [-0.4, -0.2) is 22.5 Å². The topological polar surface area (TPSA) is 65.2 Å². The van der Waals surface area contributed by atoms with E-state index in [-0.39, 0.29) is 11.6 Å². The first kappa shape index (κ1) is 18.7. The van der Waals surface area contributed by atoms with Crippen LogP contribution in [0, 0.1) is 13.8 Å². The fourth-order valence-corrected chi connectivity index (χ4v) is 3.16. The molecule has 0 saturated carbocycles. The second-order valence-electron chi connectivity index (χ2n) is 6.86. The van der Waals surface area contributed by atoms with Crippen LogP contribution < -0.4 is 10.9 Å². The van der Waals surface area contributed by atoms with Crippen molar-refractivity contribution in [2.45, 2.75) is 33.7 Å².